The number of hydrogen-bond donors (Lipinski definition) is 0. The van der Waals surface area contributed by atoms with E-state index in [9.17, 15) is 0 Å². The second-order valence-electron chi connectivity index (χ2n) is 2.74. The maximum atomic E-state index is 5.72. The monoisotopic (exact) mass is 225 g/mol. The molecule has 3 heteroatoms. The summed E-state index contributed by atoms with van der Waals surface area (Å²) in [6.07, 6.45) is 4.19. The van der Waals surface area contributed by atoms with E-state index in [4.69, 9.17) is 34.8 Å². The van der Waals surface area contributed by atoms with E-state index in [2.05, 4.69) is 6.58 Å². The van der Waals surface area contributed by atoms with Crippen molar-refractivity contribution in [3.63, 3.8) is 0 Å². The third kappa shape index (κ3) is 5.08. The Hall–Kier alpha value is 0.350. The molecule has 69 valence electrons. The lowest BCUT2D eigenvalue weighted by Gasteiger charge is -2.19. The zero-order valence-corrected chi connectivity index (χ0v) is 9.47. The molecule has 0 saturated heterocycles. The van der Waals surface area contributed by atoms with Crippen LogP contribution in [0.3, 0.4) is 0 Å². The zero-order chi connectivity index (χ0) is 9.78. The third-order valence-electron chi connectivity index (χ3n) is 1.19. The summed E-state index contributed by atoms with van der Waals surface area (Å²) < 4.78 is -1.31. The van der Waals surface area contributed by atoms with Gasteiger partial charge in [-0.1, -0.05) is 52.5 Å². The number of hydrogen-bond acceptors (Lipinski definition) is 0. The lowest BCUT2D eigenvalue weighted by atomic mass is 10.0. The predicted octanol–water partition coefficient (Wildman–Crippen LogP) is 4.47. The van der Waals surface area contributed by atoms with E-state index in [-0.39, 0.29) is 0 Å². The number of alkyl halides is 3. The maximum Gasteiger partial charge on any atom is 0.200 e. The summed E-state index contributed by atoms with van der Waals surface area (Å²) in [6, 6.07) is 0. The number of halogens is 3. The summed E-state index contributed by atoms with van der Waals surface area (Å²) in [5.74, 6) is 0.752. The van der Waals surface area contributed by atoms with Gasteiger partial charge >= 0.3 is 0 Å². The molecule has 0 spiro atoms. The van der Waals surface area contributed by atoms with Crippen LogP contribution in [0.1, 0.15) is 20.3 Å². The van der Waals surface area contributed by atoms with Crippen molar-refractivity contribution in [3.05, 3.63) is 30.2 Å². The van der Waals surface area contributed by atoms with E-state index in [1.807, 2.05) is 19.9 Å². The molecule has 0 bridgehead atoms. The fraction of sp³-hybridized carbons (Fsp3) is 0.444. The Bertz CT molecular complexity index is 173. The number of rotatable bonds is 3. The molecular formula is C9H12Cl3. The van der Waals surface area contributed by atoms with Gasteiger partial charge in [0, 0.05) is 0 Å². The number of allylic oxidation sites excluding steroid dienone is 3. The Morgan fingerprint density at radius 2 is 1.83 bits per heavy atom. The molecule has 0 aromatic rings. The van der Waals surface area contributed by atoms with Gasteiger partial charge in [-0.2, -0.15) is 0 Å². The minimum Gasteiger partial charge on any atom is -0.103 e. The van der Waals surface area contributed by atoms with Crippen LogP contribution < -0.4 is 0 Å². The van der Waals surface area contributed by atoms with Crippen LogP contribution >= 0.6 is 34.8 Å². The molecule has 0 aliphatic rings. The molecular weight excluding hydrogens is 214 g/mol. The molecule has 1 radical (unpaired) electrons. The van der Waals surface area contributed by atoms with E-state index in [1.165, 1.54) is 0 Å². The fourth-order valence-electron chi connectivity index (χ4n) is 0.760. The lowest BCUT2D eigenvalue weighted by Crippen LogP contribution is -2.14. The Labute approximate surface area is 89.2 Å². The van der Waals surface area contributed by atoms with Crippen LogP contribution in [-0.4, -0.2) is 3.79 Å². The summed E-state index contributed by atoms with van der Waals surface area (Å²) in [7, 11) is 0. The largest absolute Gasteiger partial charge is 0.200 e. The Kier molecular flexibility index (Phi) is 5.31. The SMILES string of the molecule is C=CC[C](C=C(C)C)C(Cl)(Cl)Cl. The summed E-state index contributed by atoms with van der Waals surface area (Å²) >= 11 is 17.2. The van der Waals surface area contributed by atoms with Gasteiger partial charge in [0.25, 0.3) is 0 Å². The van der Waals surface area contributed by atoms with E-state index in [0.717, 1.165) is 11.5 Å². The smallest absolute Gasteiger partial charge is 0.103 e. The highest BCUT2D eigenvalue weighted by Gasteiger charge is 2.30. The van der Waals surface area contributed by atoms with Gasteiger partial charge in [0.15, 0.2) is 0 Å². The van der Waals surface area contributed by atoms with Crippen molar-refractivity contribution in [2.24, 2.45) is 0 Å². The van der Waals surface area contributed by atoms with E-state index >= 15 is 0 Å². The minimum absolute atomic E-state index is 0.599. The first-order valence-corrected chi connectivity index (χ1v) is 4.70. The van der Waals surface area contributed by atoms with Crippen LogP contribution in [0.2, 0.25) is 0 Å². The molecule has 0 aliphatic heterocycles. The molecule has 0 aromatic carbocycles. The van der Waals surface area contributed by atoms with Crippen molar-refractivity contribution < 1.29 is 0 Å². The highest BCUT2D eigenvalue weighted by atomic mass is 35.6. The Balaban J connectivity index is 4.44. The molecule has 12 heavy (non-hydrogen) atoms. The van der Waals surface area contributed by atoms with Gasteiger partial charge in [0.2, 0.25) is 3.79 Å². The van der Waals surface area contributed by atoms with Gasteiger partial charge in [0.1, 0.15) is 0 Å². The normalized spacial score (nSPS) is 11.5. The maximum absolute atomic E-state index is 5.72. The van der Waals surface area contributed by atoms with E-state index < -0.39 is 3.79 Å². The van der Waals surface area contributed by atoms with Gasteiger partial charge in [-0.05, 0) is 20.3 Å². The first-order chi connectivity index (χ1) is 5.38. The van der Waals surface area contributed by atoms with Crippen molar-refractivity contribution in [2.45, 2.75) is 24.1 Å². The van der Waals surface area contributed by atoms with Crippen molar-refractivity contribution in [3.8, 4) is 0 Å². The average molecular weight is 227 g/mol. The van der Waals surface area contributed by atoms with Crippen LogP contribution in [-0.2, 0) is 0 Å². The average Bonchev–Trinajstić information content (AvgIpc) is 1.83. The van der Waals surface area contributed by atoms with Gasteiger partial charge in [-0.3, -0.25) is 0 Å². The molecule has 0 aromatic heterocycles. The highest BCUT2D eigenvalue weighted by molar-refractivity contribution is 6.69. The van der Waals surface area contributed by atoms with Gasteiger partial charge in [0.05, 0.1) is 5.92 Å². The fourth-order valence-corrected chi connectivity index (χ4v) is 1.16. The molecule has 0 heterocycles. The van der Waals surface area contributed by atoms with Crippen LogP contribution in [0.15, 0.2) is 24.3 Å². The molecule has 0 amide bonds. The van der Waals surface area contributed by atoms with Crippen LogP contribution in [0, 0.1) is 5.92 Å². The van der Waals surface area contributed by atoms with E-state index in [1.54, 1.807) is 6.08 Å². The molecule has 0 fully saturated rings. The quantitative estimate of drug-likeness (QED) is 0.492. The van der Waals surface area contributed by atoms with Crippen LogP contribution in [0.25, 0.3) is 0 Å². The summed E-state index contributed by atoms with van der Waals surface area (Å²) in [6.45, 7) is 7.51. The van der Waals surface area contributed by atoms with Gasteiger partial charge < -0.3 is 0 Å². The topological polar surface area (TPSA) is 0 Å². The van der Waals surface area contributed by atoms with Crippen LogP contribution in [0.5, 0.6) is 0 Å². The molecule has 0 saturated carbocycles. The first kappa shape index (κ1) is 12.3. The molecule has 0 nitrogen and oxygen atoms in total. The summed E-state index contributed by atoms with van der Waals surface area (Å²) in [4.78, 5) is 0. The molecule has 0 atom stereocenters. The van der Waals surface area contributed by atoms with Gasteiger partial charge in [-0.15, -0.1) is 6.58 Å². The predicted molar refractivity (Wildman–Crippen MR) is 57.8 cm³/mol. The van der Waals surface area contributed by atoms with Gasteiger partial charge in [-0.25, -0.2) is 0 Å². The second-order valence-corrected chi connectivity index (χ2v) is 5.02. The molecule has 0 N–H and O–H groups in total. The second kappa shape index (κ2) is 5.16. The zero-order valence-electron chi connectivity index (χ0n) is 7.20. The third-order valence-corrected chi connectivity index (χ3v) is 1.92. The van der Waals surface area contributed by atoms with Crippen LogP contribution in [0.4, 0.5) is 0 Å². The van der Waals surface area contributed by atoms with Crippen molar-refractivity contribution in [2.75, 3.05) is 0 Å². The van der Waals surface area contributed by atoms with Crippen molar-refractivity contribution >= 4 is 34.8 Å². The molecule has 0 unspecified atom stereocenters. The minimum atomic E-state index is -1.31. The lowest BCUT2D eigenvalue weighted by molar-refractivity contribution is 0.981. The molecule has 0 aliphatic carbocycles. The first-order valence-electron chi connectivity index (χ1n) is 3.56. The van der Waals surface area contributed by atoms with Crippen molar-refractivity contribution in [1.82, 2.24) is 0 Å². The standard InChI is InChI=1S/C9H12Cl3/c1-4-5-8(6-7(2)3)9(10,11)12/h4,6H,1,5H2,2-3H3. The highest BCUT2D eigenvalue weighted by Crippen LogP contribution is 2.40. The summed E-state index contributed by atoms with van der Waals surface area (Å²) in [5.41, 5.74) is 1.11. The Morgan fingerprint density at radius 1 is 1.33 bits per heavy atom. The molecule has 0 rings (SSSR count). The summed E-state index contributed by atoms with van der Waals surface area (Å²) in [5, 5.41) is 0. The Morgan fingerprint density at radius 3 is 2.08 bits per heavy atom. The van der Waals surface area contributed by atoms with E-state index in [0.29, 0.717) is 6.42 Å². The van der Waals surface area contributed by atoms with Crippen molar-refractivity contribution in [1.29, 1.82) is 0 Å².